The van der Waals surface area contributed by atoms with Crippen LogP contribution in [0.1, 0.15) is 25.5 Å². The molecular weight excluding hydrogens is 457 g/mol. The third-order valence-electron chi connectivity index (χ3n) is 4.76. The van der Waals surface area contributed by atoms with Crippen molar-refractivity contribution in [3.63, 3.8) is 0 Å². The van der Waals surface area contributed by atoms with Gasteiger partial charge in [0.2, 0.25) is 5.95 Å². The molecule has 2 aliphatic rings. The number of aromatic nitrogens is 4. The molecule has 0 amide bonds. The summed E-state index contributed by atoms with van der Waals surface area (Å²) in [5.41, 5.74) is 5.07. The Balaban J connectivity index is 1.66. The highest BCUT2D eigenvalue weighted by Crippen LogP contribution is 2.50. The Kier molecular flexibility index (Phi) is 6.09. The third-order valence-corrected chi connectivity index (χ3v) is 6.77. The number of nitrogen functional groups attached to an aromatic ring is 1. The number of thioether (sulfide) groups is 1. The molecule has 2 aromatic heterocycles. The average Bonchev–Trinajstić information content (AvgIpc) is 3.18. The summed E-state index contributed by atoms with van der Waals surface area (Å²) >= 11 is 1.21. The van der Waals surface area contributed by atoms with E-state index in [1.807, 2.05) is 0 Å². The second kappa shape index (κ2) is 8.50. The van der Waals surface area contributed by atoms with Crippen molar-refractivity contribution in [3.8, 4) is 0 Å². The lowest BCUT2D eigenvalue weighted by Gasteiger charge is -2.34. The fourth-order valence-electron chi connectivity index (χ4n) is 3.40. The molecule has 0 saturated carbocycles. The minimum absolute atomic E-state index is 0.0230. The highest BCUT2D eigenvalue weighted by molar-refractivity contribution is 7.99. The Morgan fingerprint density at radius 3 is 2.94 bits per heavy atom. The molecule has 4 heterocycles. The number of phosphoric ester groups is 1. The second-order valence-electron chi connectivity index (χ2n) is 6.96. The number of carbonyl (C=O) groups is 1. The molecule has 2 aromatic rings. The molecule has 5 atom stereocenters. The summed E-state index contributed by atoms with van der Waals surface area (Å²) in [6.45, 7) is -0.334. The van der Waals surface area contributed by atoms with Crippen molar-refractivity contribution in [3.05, 3.63) is 10.4 Å². The van der Waals surface area contributed by atoms with E-state index in [9.17, 15) is 24.2 Å². The molecular formula is C15H19N5O9PS-. The monoisotopic (exact) mass is 476 g/mol. The van der Waals surface area contributed by atoms with Crippen LogP contribution in [0.2, 0.25) is 0 Å². The maximum Gasteiger partial charge on any atom is 0.303 e. The van der Waals surface area contributed by atoms with Crippen LogP contribution < -0.4 is 16.2 Å². The maximum atomic E-state index is 12.3. The number of carboxylic acids is 1. The quantitative estimate of drug-likeness (QED) is 0.219. The van der Waals surface area contributed by atoms with Crippen LogP contribution in [0.5, 0.6) is 0 Å². The number of nitrogens with two attached hydrogens (primary N) is 1. The first kappa shape index (κ1) is 22.2. The molecule has 2 saturated heterocycles. The van der Waals surface area contributed by atoms with E-state index in [4.69, 9.17) is 20.1 Å². The number of aliphatic hydroxyl groups excluding tert-OH is 1. The van der Waals surface area contributed by atoms with Crippen LogP contribution in [-0.2, 0) is 23.1 Å². The standard InChI is InChI=1S/C15H20N5O9PS/c16-14-18-11-8(12(24)19-14)17-15(31-4-2-1-3-7(21)22)20(11)13-9(23)10-6(28-13)5-27-30(25,26)29-10/h6,9-10,13,23H,1-5H2,(H,21,22)(H,25,26)(H3,16,18,19,24)/p-1/t6?,9?,10-,13-/m1/s1. The van der Waals surface area contributed by atoms with Gasteiger partial charge in [-0.25, -0.2) is 4.98 Å². The molecule has 2 fully saturated rings. The van der Waals surface area contributed by atoms with E-state index in [0.717, 1.165) is 0 Å². The van der Waals surface area contributed by atoms with Gasteiger partial charge in [0.1, 0.15) is 18.3 Å². The van der Waals surface area contributed by atoms with Gasteiger partial charge in [-0.15, -0.1) is 0 Å². The molecule has 170 valence electrons. The van der Waals surface area contributed by atoms with Crippen molar-refractivity contribution in [2.24, 2.45) is 0 Å². The van der Waals surface area contributed by atoms with Crippen LogP contribution in [0.25, 0.3) is 11.2 Å². The van der Waals surface area contributed by atoms with Crippen LogP contribution in [0.3, 0.4) is 0 Å². The Morgan fingerprint density at radius 2 is 2.19 bits per heavy atom. The summed E-state index contributed by atoms with van der Waals surface area (Å²) in [7, 11) is -4.57. The fraction of sp³-hybridized carbons (Fsp3) is 0.600. The van der Waals surface area contributed by atoms with Gasteiger partial charge in [0, 0.05) is 12.2 Å². The zero-order valence-electron chi connectivity index (χ0n) is 15.9. The molecule has 0 aromatic carbocycles. The van der Waals surface area contributed by atoms with Gasteiger partial charge in [0.25, 0.3) is 13.4 Å². The summed E-state index contributed by atoms with van der Waals surface area (Å²) in [5, 5.41) is 19.8. The number of aliphatic hydroxyl groups is 1. The molecule has 4 rings (SSSR count). The minimum atomic E-state index is -4.57. The molecule has 31 heavy (non-hydrogen) atoms. The smallest absolute Gasteiger partial charge is 0.303 e. The first-order chi connectivity index (χ1) is 14.7. The van der Waals surface area contributed by atoms with Crippen molar-refractivity contribution >= 4 is 42.7 Å². The largest absolute Gasteiger partial charge is 0.756 e. The van der Waals surface area contributed by atoms with Gasteiger partial charge in [-0.1, -0.05) is 11.8 Å². The minimum Gasteiger partial charge on any atom is -0.756 e. The van der Waals surface area contributed by atoms with Gasteiger partial charge in [-0.3, -0.25) is 23.7 Å². The van der Waals surface area contributed by atoms with E-state index in [1.54, 1.807) is 0 Å². The summed E-state index contributed by atoms with van der Waals surface area (Å²) in [6, 6.07) is 0. The van der Waals surface area contributed by atoms with Gasteiger partial charge >= 0.3 is 5.97 Å². The number of hydrogen-bond acceptors (Lipinski definition) is 12. The number of phosphoric acid groups is 1. The number of fused-ring (bicyclic) bond motifs is 2. The number of carboxylic acid groups (broad SMARTS) is 1. The average molecular weight is 476 g/mol. The van der Waals surface area contributed by atoms with Crippen molar-refractivity contribution in [1.29, 1.82) is 0 Å². The lowest BCUT2D eigenvalue weighted by molar-refractivity contribution is -0.245. The predicted molar refractivity (Wildman–Crippen MR) is 103 cm³/mol. The molecule has 14 nitrogen and oxygen atoms in total. The lowest BCUT2D eigenvalue weighted by atomic mass is 10.1. The van der Waals surface area contributed by atoms with Crippen LogP contribution in [0.4, 0.5) is 5.95 Å². The number of imidazole rings is 1. The van der Waals surface area contributed by atoms with Crippen molar-refractivity contribution in [2.75, 3.05) is 18.1 Å². The Morgan fingerprint density at radius 1 is 1.42 bits per heavy atom. The molecule has 2 aliphatic heterocycles. The van der Waals surface area contributed by atoms with Crippen molar-refractivity contribution < 1.29 is 38.3 Å². The normalized spacial score (nSPS) is 30.5. The molecule has 0 radical (unpaired) electrons. The van der Waals surface area contributed by atoms with E-state index in [1.165, 1.54) is 16.3 Å². The number of hydrogen-bond donors (Lipinski definition) is 4. The maximum absolute atomic E-state index is 12.3. The summed E-state index contributed by atoms with van der Waals surface area (Å²) in [5.74, 6) is -0.605. The van der Waals surface area contributed by atoms with E-state index < -0.39 is 43.9 Å². The number of nitrogens with zero attached hydrogens (tertiary/aromatic N) is 3. The zero-order chi connectivity index (χ0) is 22.3. The number of nitrogens with one attached hydrogen (secondary N) is 1. The number of rotatable bonds is 7. The van der Waals surface area contributed by atoms with Crippen LogP contribution in [0.15, 0.2) is 9.95 Å². The Labute approximate surface area is 178 Å². The van der Waals surface area contributed by atoms with Gasteiger partial charge in [-0.05, 0) is 12.8 Å². The Bertz CT molecular complexity index is 1110. The van der Waals surface area contributed by atoms with Crippen LogP contribution in [-0.4, -0.2) is 66.4 Å². The predicted octanol–water partition coefficient (Wildman–Crippen LogP) is -0.809. The number of aromatic amines is 1. The van der Waals surface area contributed by atoms with E-state index in [2.05, 4.69) is 19.5 Å². The molecule has 0 bridgehead atoms. The van der Waals surface area contributed by atoms with Crippen LogP contribution in [0, 0.1) is 0 Å². The number of aliphatic carboxylic acids is 1. The van der Waals surface area contributed by atoms with Crippen LogP contribution >= 0.6 is 19.6 Å². The summed E-state index contributed by atoms with van der Waals surface area (Å²) in [4.78, 5) is 45.3. The first-order valence-electron chi connectivity index (χ1n) is 9.26. The Hall–Kier alpha value is -2.00. The van der Waals surface area contributed by atoms with Crippen molar-refractivity contribution in [1.82, 2.24) is 19.5 Å². The molecule has 0 aliphatic carbocycles. The summed E-state index contributed by atoms with van der Waals surface area (Å²) < 4.78 is 28.3. The zero-order valence-corrected chi connectivity index (χ0v) is 17.6. The second-order valence-corrected chi connectivity index (χ2v) is 9.38. The fourth-order valence-corrected chi connectivity index (χ4v) is 5.36. The number of anilines is 1. The number of unbranched alkanes of at least 4 members (excludes halogenated alkanes) is 1. The van der Waals surface area contributed by atoms with E-state index in [-0.39, 0.29) is 35.3 Å². The van der Waals surface area contributed by atoms with Gasteiger partial charge in [0.05, 0.1) is 6.61 Å². The lowest BCUT2D eigenvalue weighted by Crippen LogP contribution is -2.41. The highest BCUT2D eigenvalue weighted by atomic mass is 32.2. The summed E-state index contributed by atoms with van der Waals surface area (Å²) in [6.07, 6.45) is -3.64. The van der Waals surface area contributed by atoms with E-state index >= 15 is 0 Å². The number of ether oxygens (including phenoxy) is 1. The first-order valence-corrected chi connectivity index (χ1v) is 11.7. The SMILES string of the molecule is Nc1nc2c(nc(SCCCCC(=O)O)n2[C@@H]2OC3COP(=O)([O-])O[C@H]3C2O)c(=O)[nH]1. The third kappa shape index (κ3) is 4.48. The van der Waals surface area contributed by atoms with E-state index in [0.29, 0.717) is 18.6 Å². The molecule has 16 heteroatoms. The highest BCUT2D eigenvalue weighted by Gasteiger charge is 2.51. The topological polar surface area (TPSA) is 215 Å². The molecule has 0 spiro atoms. The molecule has 5 N–H and O–H groups in total. The van der Waals surface area contributed by atoms with Gasteiger partial charge in [0.15, 0.2) is 22.5 Å². The van der Waals surface area contributed by atoms with Gasteiger partial charge < -0.3 is 34.6 Å². The van der Waals surface area contributed by atoms with Gasteiger partial charge in [-0.2, -0.15) is 4.98 Å². The number of H-pyrrole nitrogens is 1. The van der Waals surface area contributed by atoms with Crippen molar-refractivity contribution in [2.45, 2.75) is 49.0 Å². The molecule has 3 unspecified atom stereocenters.